The van der Waals surface area contributed by atoms with Crippen LogP contribution >= 0.6 is 11.3 Å². The minimum atomic E-state index is -0.933. The van der Waals surface area contributed by atoms with Crippen molar-refractivity contribution in [1.29, 1.82) is 0 Å². The molecule has 120 valence electrons. The quantitative estimate of drug-likeness (QED) is 0.604. The van der Waals surface area contributed by atoms with Crippen LogP contribution in [0.2, 0.25) is 0 Å². The maximum Gasteiger partial charge on any atom is 0.325 e. The molecule has 0 radical (unpaired) electrons. The lowest BCUT2D eigenvalue weighted by atomic mass is 10.1. The Morgan fingerprint density at radius 1 is 1.21 bits per heavy atom. The van der Waals surface area contributed by atoms with Gasteiger partial charge in [-0.1, -0.05) is 23.4 Å². The number of hydrogen-bond donors (Lipinski definition) is 1. The first-order chi connectivity index (χ1) is 11.7. The SMILES string of the molecule is O=C(O)Cn1cc(-c2cn(Cc3cccc4ccsc34)nn2)cn1. The van der Waals surface area contributed by atoms with Crippen LogP contribution in [0.25, 0.3) is 21.3 Å². The second-order valence-corrected chi connectivity index (χ2v) is 6.29. The van der Waals surface area contributed by atoms with Crippen molar-refractivity contribution in [2.45, 2.75) is 13.1 Å². The number of aliphatic carboxylic acids is 1. The number of aromatic nitrogens is 5. The zero-order chi connectivity index (χ0) is 16.5. The van der Waals surface area contributed by atoms with E-state index in [4.69, 9.17) is 5.11 Å². The number of carboxylic acids is 1. The molecule has 0 fully saturated rings. The normalized spacial score (nSPS) is 11.2. The fourth-order valence-corrected chi connectivity index (χ4v) is 3.49. The minimum absolute atomic E-state index is 0.172. The van der Waals surface area contributed by atoms with Gasteiger partial charge < -0.3 is 5.11 Å². The molecular formula is C16H13N5O2S. The van der Waals surface area contributed by atoms with E-state index in [0.717, 1.165) is 5.56 Å². The lowest BCUT2D eigenvalue weighted by Crippen LogP contribution is -2.08. The maximum absolute atomic E-state index is 10.7. The topological polar surface area (TPSA) is 85.8 Å². The van der Waals surface area contributed by atoms with E-state index in [0.29, 0.717) is 12.2 Å². The molecule has 0 spiro atoms. The maximum atomic E-state index is 10.7. The Morgan fingerprint density at radius 3 is 3.00 bits per heavy atom. The summed E-state index contributed by atoms with van der Waals surface area (Å²) in [5.41, 5.74) is 2.61. The van der Waals surface area contributed by atoms with Gasteiger partial charge in [0.1, 0.15) is 12.2 Å². The summed E-state index contributed by atoms with van der Waals surface area (Å²) in [4.78, 5) is 10.7. The first kappa shape index (κ1) is 14.6. The summed E-state index contributed by atoms with van der Waals surface area (Å²) < 4.78 is 4.39. The van der Waals surface area contributed by atoms with Gasteiger partial charge in [0.25, 0.3) is 0 Å². The first-order valence-electron chi connectivity index (χ1n) is 7.29. The lowest BCUT2D eigenvalue weighted by Gasteiger charge is -2.02. The number of hydrogen-bond acceptors (Lipinski definition) is 5. The van der Waals surface area contributed by atoms with Gasteiger partial charge in [-0.15, -0.1) is 16.4 Å². The summed E-state index contributed by atoms with van der Waals surface area (Å²) in [6.45, 7) is 0.461. The molecule has 8 heteroatoms. The molecule has 1 aromatic carbocycles. The predicted molar refractivity (Wildman–Crippen MR) is 89.8 cm³/mol. The Bertz CT molecular complexity index is 1020. The molecule has 0 aliphatic heterocycles. The summed E-state index contributed by atoms with van der Waals surface area (Å²) in [6, 6.07) is 8.33. The van der Waals surface area contributed by atoms with E-state index in [2.05, 4.69) is 39.0 Å². The molecule has 4 rings (SSSR count). The van der Waals surface area contributed by atoms with Crippen molar-refractivity contribution in [3.8, 4) is 11.3 Å². The second kappa shape index (κ2) is 5.89. The Labute approximate surface area is 140 Å². The number of carbonyl (C=O) groups is 1. The molecule has 4 aromatic rings. The van der Waals surface area contributed by atoms with Crippen molar-refractivity contribution in [3.63, 3.8) is 0 Å². The van der Waals surface area contributed by atoms with Gasteiger partial charge in [-0.2, -0.15) is 5.10 Å². The molecule has 0 aliphatic carbocycles. The fourth-order valence-electron chi connectivity index (χ4n) is 2.58. The molecular weight excluding hydrogens is 326 g/mol. The number of fused-ring (bicyclic) bond motifs is 1. The van der Waals surface area contributed by atoms with E-state index in [9.17, 15) is 4.79 Å². The van der Waals surface area contributed by atoms with E-state index in [1.54, 1.807) is 28.4 Å². The zero-order valence-corrected chi connectivity index (χ0v) is 13.3. The van der Waals surface area contributed by atoms with Crippen LogP contribution in [0.15, 0.2) is 48.2 Å². The van der Waals surface area contributed by atoms with Gasteiger partial charge in [0, 0.05) is 16.5 Å². The van der Waals surface area contributed by atoms with E-state index >= 15 is 0 Å². The van der Waals surface area contributed by atoms with Gasteiger partial charge in [0.05, 0.1) is 18.9 Å². The van der Waals surface area contributed by atoms with Gasteiger partial charge in [-0.25, -0.2) is 4.68 Å². The minimum Gasteiger partial charge on any atom is -0.480 e. The highest BCUT2D eigenvalue weighted by Gasteiger charge is 2.10. The molecule has 7 nitrogen and oxygen atoms in total. The van der Waals surface area contributed by atoms with Gasteiger partial charge in [-0.3, -0.25) is 9.48 Å². The number of thiophene rings is 1. The highest BCUT2D eigenvalue weighted by Crippen LogP contribution is 2.25. The Hall–Kier alpha value is -3.00. The average molecular weight is 339 g/mol. The van der Waals surface area contributed by atoms with E-state index in [1.807, 2.05) is 12.3 Å². The van der Waals surface area contributed by atoms with Crippen molar-refractivity contribution < 1.29 is 9.90 Å². The van der Waals surface area contributed by atoms with Gasteiger partial charge in [-0.05, 0) is 22.4 Å². The van der Waals surface area contributed by atoms with Crippen molar-refractivity contribution in [1.82, 2.24) is 24.8 Å². The molecule has 3 heterocycles. The smallest absolute Gasteiger partial charge is 0.325 e. The van der Waals surface area contributed by atoms with Crippen LogP contribution in [0, 0.1) is 0 Å². The summed E-state index contributed by atoms with van der Waals surface area (Å²) in [5, 5.41) is 24.4. The second-order valence-electron chi connectivity index (χ2n) is 5.38. The average Bonchev–Trinajstić information content (AvgIpc) is 3.26. The fraction of sp³-hybridized carbons (Fsp3) is 0.125. The Morgan fingerprint density at radius 2 is 2.12 bits per heavy atom. The molecule has 1 N–H and O–H groups in total. The van der Waals surface area contributed by atoms with Crippen LogP contribution in [0.4, 0.5) is 0 Å². The monoisotopic (exact) mass is 339 g/mol. The number of nitrogens with zero attached hydrogens (tertiary/aromatic N) is 5. The highest BCUT2D eigenvalue weighted by atomic mass is 32.1. The van der Waals surface area contributed by atoms with Crippen molar-refractivity contribution >= 4 is 27.4 Å². The zero-order valence-electron chi connectivity index (χ0n) is 12.5. The number of carboxylic acid groups (broad SMARTS) is 1. The van der Waals surface area contributed by atoms with Crippen molar-refractivity contribution in [2.24, 2.45) is 0 Å². The number of rotatable bonds is 5. The third-order valence-corrected chi connectivity index (χ3v) is 4.66. The van der Waals surface area contributed by atoms with Gasteiger partial charge >= 0.3 is 5.97 Å². The predicted octanol–water partition coefficient (Wildman–Crippen LogP) is 2.49. The van der Waals surface area contributed by atoms with Crippen LogP contribution in [-0.4, -0.2) is 35.9 Å². The van der Waals surface area contributed by atoms with Crippen LogP contribution in [-0.2, 0) is 17.9 Å². The third kappa shape index (κ3) is 2.79. The summed E-state index contributed by atoms with van der Waals surface area (Å²) in [7, 11) is 0. The third-order valence-electron chi connectivity index (χ3n) is 3.66. The first-order valence-corrected chi connectivity index (χ1v) is 8.17. The highest BCUT2D eigenvalue weighted by molar-refractivity contribution is 7.17. The van der Waals surface area contributed by atoms with Crippen LogP contribution in [0.5, 0.6) is 0 Å². The summed E-state index contributed by atoms with van der Waals surface area (Å²) in [5.74, 6) is -0.933. The van der Waals surface area contributed by atoms with E-state index in [1.165, 1.54) is 20.3 Å². The standard InChI is InChI=1S/C16H13N5O2S/c22-15(23)10-20-8-13(6-17-20)14-9-21(19-18-14)7-12-3-1-2-11-4-5-24-16(11)12/h1-6,8-9H,7,10H2,(H,22,23). The van der Waals surface area contributed by atoms with E-state index < -0.39 is 5.97 Å². The summed E-state index contributed by atoms with van der Waals surface area (Å²) in [6.07, 6.45) is 5.09. The van der Waals surface area contributed by atoms with Crippen LogP contribution in [0.1, 0.15) is 5.56 Å². The lowest BCUT2D eigenvalue weighted by molar-refractivity contribution is -0.137. The van der Waals surface area contributed by atoms with Gasteiger partial charge in [0.15, 0.2) is 0 Å². The Kier molecular flexibility index (Phi) is 3.58. The van der Waals surface area contributed by atoms with Crippen molar-refractivity contribution in [2.75, 3.05) is 0 Å². The molecule has 0 atom stereocenters. The molecule has 0 bridgehead atoms. The number of benzene rings is 1. The molecule has 0 saturated heterocycles. The van der Waals surface area contributed by atoms with Crippen LogP contribution < -0.4 is 0 Å². The van der Waals surface area contributed by atoms with Crippen molar-refractivity contribution in [3.05, 3.63) is 53.8 Å². The largest absolute Gasteiger partial charge is 0.480 e. The van der Waals surface area contributed by atoms with E-state index in [-0.39, 0.29) is 6.54 Å². The molecule has 0 saturated carbocycles. The van der Waals surface area contributed by atoms with Gasteiger partial charge in [0.2, 0.25) is 0 Å². The summed E-state index contributed by atoms with van der Waals surface area (Å²) >= 11 is 1.71. The molecule has 0 unspecified atom stereocenters. The molecule has 24 heavy (non-hydrogen) atoms. The molecule has 0 aliphatic rings. The Balaban J connectivity index is 1.57. The molecule has 0 amide bonds. The van der Waals surface area contributed by atoms with Crippen LogP contribution in [0.3, 0.4) is 0 Å². The molecule has 3 aromatic heterocycles.